The Morgan fingerprint density at radius 3 is 2.19 bits per heavy atom. The Morgan fingerprint density at radius 2 is 1.71 bits per heavy atom. The minimum atomic E-state index is -0.212. The Kier molecular flexibility index (Phi) is 5.10. The van der Waals surface area contributed by atoms with Crippen LogP contribution in [0.3, 0.4) is 0 Å². The largest absolute Gasteiger partial charge is 0.464 e. The lowest BCUT2D eigenvalue weighted by molar-refractivity contribution is -0.169. The molecule has 1 aromatic rings. The van der Waals surface area contributed by atoms with E-state index in [0.29, 0.717) is 6.10 Å². The van der Waals surface area contributed by atoms with Crippen LogP contribution in [0.5, 0.6) is 5.75 Å². The molecule has 0 saturated heterocycles. The van der Waals surface area contributed by atoms with E-state index in [9.17, 15) is 0 Å². The van der Waals surface area contributed by atoms with Crippen molar-refractivity contribution in [3.63, 3.8) is 0 Å². The first-order valence-electron chi connectivity index (χ1n) is 7.94. The summed E-state index contributed by atoms with van der Waals surface area (Å²) in [5.74, 6) is 0.859. The van der Waals surface area contributed by atoms with E-state index in [1.54, 1.807) is 0 Å². The summed E-state index contributed by atoms with van der Waals surface area (Å²) in [6.07, 6.45) is 5.00. The fraction of sp³-hybridized carbons (Fsp3) is 0.579. The molecule has 0 aromatic heterocycles. The number of rotatable bonds is 5. The van der Waals surface area contributed by atoms with Crippen molar-refractivity contribution >= 4 is 5.57 Å². The quantitative estimate of drug-likeness (QED) is 0.673. The average Bonchev–Trinajstić information content (AvgIpc) is 2.90. The van der Waals surface area contributed by atoms with E-state index in [-0.39, 0.29) is 11.7 Å². The summed E-state index contributed by atoms with van der Waals surface area (Å²) < 4.78 is 12.3. The maximum Gasteiger partial charge on any atom is 0.204 e. The third-order valence-electron chi connectivity index (χ3n) is 3.92. The normalized spacial score (nSPS) is 17.7. The van der Waals surface area contributed by atoms with E-state index in [1.165, 1.54) is 12.8 Å². The number of ether oxygens (including phenoxy) is 2. The SMILES string of the molecule is C=C(C)c1ccc(OC(OC2CCCC2)C(C)(C)C)cc1. The van der Waals surface area contributed by atoms with Crippen LogP contribution in [0.4, 0.5) is 0 Å². The van der Waals surface area contributed by atoms with E-state index < -0.39 is 0 Å². The van der Waals surface area contributed by atoms with Gasteiger partial charge in [-0.15, -0.1) is 0 Å². The summed E-state index contributed by atoms with van der Waals surface area (Å²) in [6.45, 7) is 12.5. The number of hydrogen-bond donors (Lipinski definition) is 0. The lowest BCUT2D eigenvalue weighted by Crippen LogP contribution is -2.37. The van der Waals surface area contributed by atoms with Gasteiger partial charge in [0.15, 0.2) is 0 Å². The van der Waals surface area contributed by atoms with Gasteiger partial charge in [-0.2, -0.15) is 0 Å². The van der Waals surface area contributed by atoms with Crippen molar-refractivity contribution in [1.82, 2.24) is 0 Å². The smallest absolute Gasteiger partial charge is 0.204 e. The highest BCUT2D eigenvalue weighted by atomic mass is 16.7. The van der Waals surface area contributed by atoms with Gasteiger partial charge in [-0.05, 0) is 37.5 Å². The molecule has 1 aliphatic rings. The van der Waals surface area contributed by atoms with Crippen LogP contribution in [0, 0.1) is 5.41 Å². The zero-order valence-corrected chi connectivity index (χ0v) is 13.8. The highest BCUT2D eigenvalue weighted by Gasteiger charge is 2.31. The van der Waals surface area contributed by atoms with Crippen molar-refractivity contribution in [2.24, 2.45) is 5.41 Å². The van der Waals surface area contributed by atoms with E-state index in [4.69, 9.17) is 9.47 Å². The molecule has 1 aliphatic carbocycles. The lowest BCUT2D eigenvalue weighted by atomic mass is 9.95. The molecule has 0 heterocycles. The van der Waals surface area contributed by atoms with Crippen molar-refractivity contribution in [3.8, 4) is 5.75 Å². The Balaban J connectivity index is 2.05. The van der Waals surface area contributed by atoms with Crippen molar-refractivity contribution in [2.45, 2.75) is 65.8 Å². The Bertz CT molecular complexity index is 461. The summed E-state index contributed by atoms with van der Waals surface area (Å²) in [7, 11) is 0. The van der Waals surface area contributed by atoms with E-state index in [1.807, 2.05) is 31.2 Å². The van der Waals surface area contributed by atoms with Crippen molar-refractivity contribution in [3.05, 3.63) is 36.4 Å². The van der Waals surface area contributed by atoms with Gasteiger partial charge in [0.2, 0.25) is 6.29 Å². The molecule has 0 amide bonds. The van der Waals surface area contributed by atoms with Gasteiger partial charge in [-0.3, -0.25) is 0 Å². The molecule has 0 aliphatic heterocycles. The summed E-state index contributed by atoms with van der Waals surface area (Å²) in [6, 6.07) is 8.10. The molecular formula is C19H28O2. The van der Waals surface area contributed by atoms with E-state index >= 15 is 0 Å². The zero-order chi connectivity index (χ0) is 15.5. The van der Waals surface area contributed by atoms with Crippen LogP contribution in [0.1, 0.15) is 58.9 Å². The van der Waals surface area contributed by atoms with Crippen molar-refractivity contribution in [2.75, 3.05) is 0 Å². The number of allylic oxidation sites excluding steroid dienone is 1. The second-order valence-electron chi connectivity index (χ2n) is 7.16. The third kappa shape index (κ3) is 4.60. The topological polar surface area (TPSA) is 18.5 Å². The van der Waals surface area contributed by atoms with Gasteiger partial charge >= 0.3 is 0 Å². The zero-order valence-electron chi connectivity index (χ0n) is 13.8. The third-order valence-corrected chi connectivity index (χ3v) is 3.92. The Hall–Kier alpha value is -1.28. The molecule has 1 aromatic carbocycles. The molecule has 2 nitrogen and oxygen atoms in total. The second-order valence-corrected chi connectivity index (χ2v) is 7.16. The average molecular weight is 288 g/mol. The number of benzene rings is 1. The van der Waals surface area contributed by atoms with Gasteiger partial charge in [-0.1, -0.05) is 57.9 Å². The summed E-state index contributed by atoms with van der Waals surface area (Å²) in [4.78, 5) is 0. The molecule has 1 saturated carbocycles. The molecule has 1 fully saturated rings. The molecule has 116 valence electrons. The van der Waals surface area contributed by atoms with Gasteiger partial charge in [0.05, 0.1) is 6.10 Å². The van der Waals surface area contributed by atoms with E-state index in [2.05, 4.69) is 27.4 Å². The van der Waals surface area contributed by atoms with Crippen LogP contribution in [-0.2, 0) is 4.74 Å². The van der Waals surface area contributed by atoms with Crippen LogP contribution < -0.4 is 4.74 Å². The fourth-order valence-electron chi connectivity index (χ4n) is 2.55. The molecule has 21 heavy (non-hydrogen) atoms. The van der Waals surface area contributed by atoms with Crippen molar-refractivity contribution in [1.29, 1.82) is 0 Å². The predicted molar refractivity (Wildman–Crippen MR) is 88.4 cm³/mol. The number of hydrogen-bond acceptors (Lipinski definition) is 2. The van der Waals surface area contributed by atoms with Gasteiger partial charge in [-0.25, -0.2) is 0 Å². The first-order valence-corrected chi connectivity index (χ1v) is 7.94. The Morgan fingerprint density at radius 1 is 1.14 bits per heavy atom. The highest BCUT2D eigenvalue weighted by molar-refractivity contribution is 5.61. The standard InChI is InChI=1S/C19H28O2/c1-14(2)15-10-12-17(13-11-15)21-18(19(3,4)5)20-16-8-6-7-9-16/h10-13,16,18H,1,6-9H2,2-5H3. The van der Waals surface area contributed by atoms with Gasteiger partial charge in [0, 0.05) is 5.41 Å². The van der Waals surface area contributed by atoms with Crippen LogP contribution in [-0.4, -0.2) is 12.4 Å². The second kappa shape index (κ2) is 6.65. The van der Waals surface area contributed by atoms with Gasteiger partial charge in [0.25, 0.3) is 0 Å². The maximum atomic E-state index is 6.22. The molecule has 0 spiro atoms. The highest BCUT2D eigenvalue weighted by Crippen LogP contribution is 2.31. The van der Waals surface area contributed by atoms with Crippen LogP contribution in [0.2, 0.25) is 0 Å². The summed E-state index contributed by atoms with van der Waals surface area (Å²) in [5, 5.41) is 0. The maximum absolute atomic E-state index is 6.22. The molecule has 0 N–H and O–H groups in total. The molecular weight excluding hydrogens is 260 g/mol. The molecule has 1 unspecified atom stereocenters. The molecule has 2 rings (SSSR count). The monoisotopic (exact) mass is 288 g/mol. The Labute approximate surface area is 129 Å². The van der Waals surface area contributed by atoms with Crippen molar-refractivity contribution < 1.29 is 9.47 Å². The first-order chi connectivity index (χ1) is 9.86. The summed E-state index contributed by atoms with van der Waals surface area (Å²) in [5.41, 5.74) is 2.16. The molecule has 2 heteroatoms. The van der Waals surface area contributed by atoms with Gasteiger partial charge < -0.3 is 9.47 Å². The predicted octanol–water partition coefficient (Wildman–Crippen LogP) is 5.43. The first kappa shape index (κ1) is 16.1. The summed E-state index contributed by atoms with van der Waals surface area (Å²) >= 11 is 0. The minimum absolute atomic E-state index is 0.0460. The minimum Gasteiger partial charge on any atom is -0.464 e. The van der Waals surface area contributed by atoms with Crippen LogP contribution >= 0.6 is 0 Å². The molecule has 0 radical (unpaired) electrons. The fourth-order valence-corrected chi connectivity index (χ4v) is 2.55. The van der Waals surface area contributed by atoms with E-state index in [0.717, 1.165) is 29.7 Å². The molecule has 0 bridgehead atoms. The van der Waals surface area contributed by atoms with Gasteiger partial charge in [0.1, 0.15) is 5.75 Å². The lowest BCUT2D eigenvalue weighted by Gasteiger charge is -2.33. The van der Waals surface area contributed by atoms with Crippen LogP contribution in [0.15, 0.2) is 30.8 Å². The van der Waals surface area contributed by atoms with Crippen LogP contribution in [0.25, 0.3) is 5.57 Å². The molecule has 1 atom stereocenters.